The molecule has 1 N–H and O–H groups in total. The minimum Gasteiger partial charge on any atom is -0.389 e. The lowest BCUT2D eigenvalue weighted by atomic mass is 9.88. The van der Waals surface area contributed by atoms with Gasteiger partial charge in [-0.3, -0.25) is 0 Å². The van der Waals surface area contributed by atoms with Crippen molar-refractivity contribution in [1.29, 1.82) is 0 Å². The first kappa shape index (κ1) is 14.2. The Morgan fingerprint density at radius 2 is 1.94 bits per heavy atom. The molecule has 2 aliphatic rings. The van der Waals surface area contributed by atoms with Crippen molar-refractivity contribution in [3.05, 3.63) is 0 Å². The topological polar surface area (TPSA) is 54.4 Å². The van der Waals surface area contributed by atoms with E-state index < -0.39 is 26.6 Å². The SMILES string of the molecule is CS(=O)(=O)C1CCCC1(O)CC1CCC(F)(F)C1. The van der Waals surface area contributed by atoms with Crippen LogP contribution in [0.3, 0.4) is 0 Å². The van der Waals surface area contributed by atoms with Gasteiger partial charge in [-0.2, -0.15) is 0 Å². The van der Waals surface area contributed by atoms with Crippen LogP contribution in [-0.2, 0) is 9.84 Å². The molecule has 6 heteroatoms. The summed E-state index contributed by atoms with van der Waals surface area (Å²) in [7, 11) is -3.32. The van der Waals surface area contributed by atoms with E-state index in [1.54, 1.807) is 0 Å². The Hall–Kier alpha value is -0.230. The highest BCUT2D eigenvalue weighted by Crippen LogP contribution is 2.46. The molecule has 2 rings (SSSR count). The summed E-state index contributed by atoms with van der Waals surface area (Å²) in [5, 5.41) is 9.71. The molecule has 18 heavy (non-hydrogen) atoms. The lowest BCUT2D eigenvalue weighted by molar-refractivity contribution is -0.00737. The Bertz CT molecular complexity index is 421. The number of hydrogen-bond acceptors (Lipinski definition) is 3. The first-order valence-corrected chi connectivity index (χ1v) is 8.37. The van der Waals surface area contributed by atoms with Crippen LogP contribution in [0.5, 0.6) is 0 Å². The summed E-state index contributed by atoms with van der Waals surface area (Å²) < 4.78 is 49.5. The highest BCUT2D eigenvalue weighted by molar-refractivity contribution is 7.91. The van der Waals surface area contributed by atoms with Gasteiger partial charge in [0.15, 0.2) is 9.84 Å². The number of sulfone groups is 1. The monoisotopic (exact) mass is 282 g/mol. The van der Waals surface area contributed by atoms with Crippen LogP contribution < -0.4 is 0 Å². The zero-order chi connectivity index (χ0) is 13.6. The predicted octanol–water partition coefficient (Wildman–Crippen LogP) is 2.14. The molecule has 0 spiro atoms. The average Bonchev–Trinajstić information content (AvgIpc) is 2.69. The highest BCUT2D eigenvalue weighted by atomic mass is 32.2. The third kappa shape index (κ3) is 2.85. The maximum absolute atomic E-state index is 13.1. The number of alkyl halides is 2. The van der Waals surface area contributed by atoms with Crippen molar-refractivity contribution in [2.45, 2.75) is 61.7 Å². The maximum atomic E-state index is 13.1. The molecular formula is C12H20F2O3S. The van der Waals surface area contributed by atoms with E-state index in [-0.39, 0.29) is 25.2 Å². The average molecular weight is 282 g/mol. The van der Waals surface area contributed by atoms with Gasteiger partial charge in [-0.05, 0) is 38.0 Å². The third-order valence-corrected chi connectivity index (χ3v) is 6.05. The van der Waals surface area contributed by atoms with Crippen LogP contribution >= 0.6 is 0 Å². The molecule has 106 valence electrons. The lowest BCUT2D eigenvalue weighted by Crippen LogP contribution is -2.43. The molecule has 0 heterocycles. The molecule has 0 aromatic heterocycles. The zero-order valence-corrected chi connectivity index (χ0v) is 11.3. The van der Waals surface area contributed by atoms with Gasteiger partial charge in [0.05, 0.1) is 10.9 Å². The third-order valence-electron chi connectivity index (χ3n) is 4.34. The van der Waals surface area contributed by atoms with E-state index in [9.17, 15) is 22.3 Å². The van der Waals surface area contributed by atoms with E-state index in [1.807, 2.05) is 0 Å². The van der Waals surface area contributed by atoms with Crippen molar-refractivity contribution in [2.24, 2.45) is 5.92 Å². The van der Waals surface area contributed by atoms with E-state index in [1.165, 1.54) is 0 Å². The maximum Gasteiger partial charge on any atom is 0.248 e. The largest absolute Gasteiger partial charge is 0.389 e. The molecule has 2 fully saturated rings. The molecule has 0 bridgehead atoms. The molecule has 0 radical (unpaired) electrons. The molecule has 2 saturated carbocycles. The fourth-order valence-electron chi connectivity index (χ4n) is 3.59. The van der Waals surface area contributed by atoms with Crippen LogP contribution in [0.4, 0.5) is 8.78 Å². The van der Waals surface area contributed by atoms with E-state index in [0.29, 0.717) is 25.7 Å². The molecule has 3 unspecified atom stereocenters. The van der Waals surface area contributed by atoms with Gasteiger partial charge in [-0.15, -0.1) is 0 Å². The fourth-order valence-corrected chi connectivity index (χ4v) is 5.19. The summed E-state index contributed by atoms with van der Waals surface area (Å²) in [6, 6.07) is 0. The standard InChI is InChI=1S/C12H20F2O3S/c1-18(16,17)10-3-2-5-11(10,15)7-9-4-6-12(13,14)8-9/h9-10,15H,2-8H2,1H3. The summed E-state index contributed by atoms with van der Waals surface area (Å²) in [4.78, 5) is 0. The minimum atomic E-state index is -3.32. The second-order valence-electron chi connectivity index (χ2n) is 5.98. The van der Waals surface area contributed by atoms with Gasteiger partial charge in [-0.25, -0.2) is 17.2 Å². The van der Waals surface area contributed by atoms with Crippen molar-refractivity contribution in [2.75, 3.05) is 6.26 Å². The molecule has 0 amide bonds. The number of aliphatic hydroxyl groups is 1. The van der Waals surface area contributed by atoms with Crippen LogP contribution in [0, 0.1) is 5.92 Å². The van der Waals surface area contributed by atoms with E-state index in [0.717, 1.165) is 6.26 Å². The fraction of sp³-hybridized carbons (Fsp3) is 1.00. The van der Waals surface area contributed by atoms with Crippen LogP contribution in [0.15, 0.2) is 0 Å². The van der Waals surface area contributed by atoms with Crippen molar-refractivity contribution < 1.29 is 22.3 Å². The molecule has 0 saturated heterocycles. The highest BCUT2D eigenvalue weighted by Gasteiger charge is 2.50. The van der Waals surface area contributed by atoms with E-state index >= 15 is 0 Å². The Morgan fingerprint density at radius 3 is 2.44 bits per heavy atom. The number of hydrogen-bond donors (Lipinski definition) is 1. The Labute approximate surface area is 106 Å². The smallest absolute Gasteiger partial charge is 0.248 e. The molecule has 3 atom stereocenters. The van der Waals surface area contributed by atoms with Gasteiger partial charge in [0.25, 0.3) is 0 Å². The lowest BCUT2D eigenvalue weighted by Gasteiger charge is -2.31. The van der Waals surface area contributed by atoms with Crippen molar-refractivity contribution in [3.63, 3.8) is 0 Å². The summed E-state index contributed by atoms with van der Waals surface area (Å²) in [6.45, 7) is 0. The quantitative estimate of drug-likeness (QED) is 0.863. The predicted molar refractivity (Wildman–Crippen MR) is 64.3 cm³/mol. The molecule has 2 aliphatic carbocycles. The minimum absolute atomic E-state index is 0.142. The summed E-state index contributed by atoms with van der Waals surface area (Å²) in [5.74, 6) is -2.90. The molecule has 0 aromatic rings. The molecule has 0 aromatic carbocycles. The van der Waals surface area contributed by atoms with Gasteiger partial charge in [0, 0.05) is 19.1 Å². The number of rotatable bonds is 3. The number of halogens is 2. The Morgan fingerprint density at radius 1 is 1.28 bits per heavy atom. The molecular weight excluding hydrogens is 262 g/mol. The van der Waals surface area contributed by atoms with Crippen LogP contribution in [-0.4, -0.2) is 36.6 Å². The summed E-state index contributed by atoms with van der Waals surface area (Å²) in [5.41, 5.74) is -1.29. The first-order chi connectivity index (χ1) is 8.12. The van der Waals surface area contributed by atoms with Crippen LogP contribution in [0.1, 0.15) is 44.9 Å². The van der Waals surface area contributed by atoms with Crippen LogP contribution in [0.25, 0.3) is 0 Å². The van der Waals surface area contributed by atoms with Crippen molar-refractivity contribution in [3.8, 4) is 0 Å². The zero-order valence-electron chi connectivity index (χ0n) is 10.5. The molecule has 0 aliphatic heterocycles. The van der Waals surface area contributed by atoms with Crippen molar-refractivity contribution >= 4 is 9.84 Å². The van der Waals surface area contributed by atoms with Gasteiger partial charge in [0.2, 0.25) is 5.92 Å². The van der Waals surface area contributed by atoms with Gasteiger partial charge in [0.1, 0.15) is 0 Å². The Balaban J connectivity index is 2.08. The van der Waals surface area contributed by atoms with Crippen molar-refractivity contribution in [1.82, 2.24) is 0 Å². The summed E-state index contributed by atoms with van der Waals surface area (Å²) in [6.07, 6.45) is 2.84. The first-order valence-electron chi connectivity index (χ1n) is 6.41. The van der Waals surface area contributed by atoms with E-state index in [2.05, 4.69) is 0 Å². The Kier molecular flexibility index (Phi) is 3.47. The van der Waals surface area contributed by atoms with Crippen LogP contribution in [0.2, 0.25) is 0 Å². The van der Waals surface area contributed by atoms with Gasteiger partial charge >= 0.3 is 0 Å². The van der Waals surface area contributed by atoms with Gasteiger partial charge < -0.3 is 5.11 Å². The summed E-state index contributed by atoms with van der Waals surface area (Å²) >= 11 is 0. The second-order valence-corrected chi connectivity index (χ2v) is 8.21. The van der Waals surface area contributed by atoms with E-state index in [4.69, 9.17) is 0 Å². The second kappa shape index (κ2) is 4.40. The molecule has 3 nitrogen and oxygen atoms in total. The normalized spacial score (nSPS) is 40.2. The van der Waals surface area contributed by atoms with Gasteiger partial charge in [-0.1, -0.05) is 0 Å².